The van der Waals surface area contributed by atoms with Gasteiger partial charge in [0.05, 0.1) is 25.1 Å². The molecule has 1 aromatic carbocycles. The summed E-state index contributed by atoms with van der Waals surface area (Å²) in [5.74, 6) is 0.270. The van der Waals surface area contributed by atoms with E-state index in [2.05, 4.69) is 4.72 Å². The van der Waals surface area contributed by atoms with Crippen LogP contribution in [0, 0.1) is 0 Å². The Morgan fingerprint density at radius 2 is 2.09 bits per heavy atom. The van der Waals surface area contributed by atoms with Gasteiger partial charge in [-0.15, -0.1) is 0 Å². The molecule has 3 N–H and O–H groups in total. The molecule has 1 heterocycles. The molecule has 7 nitrogen and oxygen atoms in total. The van der Waals surface area contributed by atoms with Crippen LogP contribution in [0.15, 0.2) is 24.4 Å². The molecule has 1 amide bonds. The lowest BCUT2D eigenvalue weighted by Crippen LogP contribution is -2.42. The Morgan fingerprint density at radius 3 is 2.64 bits per heavy atom. The summed E-state index contributed by atoms with van der Waals surface area (Å²) in [6.07, 6.45) is 3.17. The smallest absolute Gasteiger partial charge is 0.243 e. The number of amides is 1. The number of benzene rings is 1. The van der Waals surface area contributed by atoms with Gasteiger partial charge in [-0.2, -0.15) is 0 Å². The summed E-state index contributed by atoms with van der Waals surface area (Å²) >= 11 is 0. The zero-order chi connectivity index (χ0) is 16.5. The first-order chi connectivity index (χ1) is 10.2. The molecule has 1 aliphatic heterocycles. The van der Waals surface area contributed by atoms with Gasteiger partial charge in [0.25, 0.3) is 0 Å². The van der Waals surface area contributed by atoms with Crippen molar-refractivity contribution < 1.29 is 17.9 Å². The van der Waals surface area contributed by atoms with E-state index in [1.807, 2.05) is 0 Å². The fourth-order valence-electron chi connectivity index (χ4n) is 2.32. The highest BCUT2D eigenvalue weighted by atomic mass is 32.2. The van der Waals surface area contributed by atoms with Gasteiger partial charge < -0.3 is 15.4 Å². The fourth-order valence-corrected chi connectivity index (χ4v) is 2.87. The van der Waals surface area contributed by atoms with Crippen molar-refractivity contribution in [2.75, 3.05) is 25.1 Å². The van der Waals surface area contributed by atoms with Crippen LogP contribution in [0.4, 0.5) is 5.69 Å². The van der Waals surface area contributed by atoms with Crippen LogP contribution in [0.25, 0.3) is 5.57 Å². The van der Waals surface area contributed by atoms with Crippen LogP contribution >= 0.6 is 0 Å². The van der Waals surface area contributed by atoms with E-state index in [0.717, 1.165) is 17.4 Å². The number of carbonyl (C=O) groups is 1. The lowest BCUT2D eigenvalue weighted by molar-refractivity contribution is -0.129. The summed E-state index contributed by atoms with van der Waals surface area (Å²) in [5, 5.41) is 0. The highest BCUT2D eigenvalue weighted by Gasteiger charge is 2.25. The molecule has 22 heavy (non-hydrogen) atoms. The highest BCUT2D eigenvalue weighted by molar-refractivity contribution is 7.92. The summed E-state index contributed by atoms with van der Waals surface area (Å²) < 4.78 is 30.5. The summed E-state index contributed by atoms with van der Waals surface area (Å²) in [5.41, 5.74) is 7.80. The minimum Gasteiger partial charge on any atom is -0.495 e. The van der Waals surface area contributed by atoms with E-state index in [9.17, 15) is 13.2 Å². The van der Waals surface area contributed by atoms with Gasteiger partial charge in [-0.3, -0.25) is 9.52 Å². The number of ether oxygens (including phenoxy) is 1. The normalized spacial score (nSPS) is 18.9. The van der Waals surface area contributed by atoms with Gasteiger partial charge in [-0.25, -0.2) is 8.42 Å². The fraction of sp³-hybridized carbons (Fsp3) is 0.357. The maximum Gasteiger partial charge on any atom is 0.243 e. The van der Waals surface area contributed by atoms with E-state index < -0.39 is 16.1 Å². The number of nitrogens with one attached hydrogen (secondary N) is 1. The summed E-state index contributed by atoms with van der Waals surface area (Å²) in [6, 6.07) is 4.54. The number of likely N-dealkylation sites (N-methyl/N-ethyl adjacent to an activating group) is 1. The molecule has 0 saturated carbocycles. The van der Waals surface area contributed by atoms with Crippen LogP contribution in [-0.2, 0) is 14.8 Å². The SMILES string of the molecule is COc1ccc(C2=CN(C)C(=O)C(N)C2)cc1NS(C)(=O)=O. The van der Waals surface area contributed by atoms with Crippen molar-refractivity contribution in [1.82, 2.24) is 4.90 Å². The summed E-state index contributed by atoms with van der Waals surface area (Å²) in [4.78, 5) is 13.1. The largest absolute Gasteiger partial charge is 0.495 e. The second kappa shape index (κ2) is 5.98. The van der Waals surface area contributed by atoms with Crippen molar-refractivity contribution in [3.05, 3.63) is 30.0 Å². The van der Waals surface area contributed by atoms with Gasteiger partial charge in [0, 0.05) is 13.2 Å². The molecule has 0 radical (unpaired) electrons. The number of sulfonamides is 1. The number of carbonyl (C=O) groups excluding carboxylic acids is 1. The lowest BCUT2D eigenvalue weighted by atomic mass is 9.96. The van der Waals surface area contributed by atoms with Gasteiger partial charge in [0.15, 0.2) is 0 Å². The van der Waals surface area contributed by atoms with Crippen LogP contribution < -0.4 is 15.2 Å². The molecule has 2 rings (SSSR count). The Hall–Kier alpha value is -2.06. The summed E-state index contributed by atoms with van der Waals surface area (Å²) in [7, 11) is -0.324. The summed E-state index contributed by atoms with van der Waals surface area (Å²) in [6.45, 7) is 0. The topological polar surface area (TPSA) is 102 Å². The molecule has 0 aliphatic carbocycles. The molecule has 8 heteroatoms. The zero-order valence-corrected chi connectivity index (χ0v) is 13.5. The average Bonchev–Trinajstić information content (AvgIpc) is 2.42. The third-order valence-corrected chi connectivity index (χ3v) is 3.91. The van der Waals surface area contributed by atoms with E-state index in [4.69, 9.17) is 10.5 Å². The molecule has 0 spiro atoms. The molecule has 1 unspecified atom stereocenters. The quantitative estimate of drug-likeness (QED) is 0.844. The van der Waals surface area contributed by atoms with Crippen molar-refractivity contribution >= 4 is 27.2 Å². The minimum absolute atomic E-state index is 0.147. The number of hydrogen-bond acceptors (Lipinski definition) is 5. The monoisotopic (exact) mass is 325 g/mol. The number of hydrogen-bond donors (Lipinski definition) is 2. The average molecular weight is 325 g/mol. The first-order valence-corrected chi connectivity index (χ1v) is 8.49. The molecule has 0 fully saturated rings. The second-order valence-electron chi connectivity index (χ2n) is 5.20. The zero-order valence-electron chi connectivity index (χ0n) is 12.7. The van der Waals surface area contributed by atoms with Gasteiger partial charge in [-0.05, 0) is 29.7 Å². The Balaban J connectivity index is 2.43. The molecule has 120 valence electrons. The molecule has 0 bridgehead atoms. The Bertz CT molecular complexity index is 728. The third-order valence-electron chi connectivity index (χ3n) is 3.32. The van der Waals surface area contributed by atoms with E-state index in [-0.39, 0.29) is 5.91 Å². The molecular weight excluding hydrogens is 306 g/mol. The van der Waals surface area contributed by atoms with Gasteiger partial charge in [0.2, 0.25) is 15.9 Å². The van der Waals surface area contributed by atoms with Crippen molar-refractivity contribution in [3.63, 3.8) is 0 Å². The first kappa shape index (κ1) is 16.3. The van der Waals surface area contributed by atoms with E-state index >= 15 is 0 Å². The molecule has 1 aromatic rings. The van der Waals surface area contributed by atoms with Crippen molar-refractivity contribution in [1.29, 1.82) is 0 Å². The van der Waals surface area contributed by atoms with Gasteiger partial charge >= 0.3 is 0 Å². The van der Waals surface area contributed by atoms with E-state index in [1.54, 1.807) is 31.4 Å². The van der Waals surface area contributed by atoms with Crippen molar-refractivity contribution in [3.8, 4) is 5.75 Å². The van der Waals surface area contributed by atoms with Crippen LogP contribution in [0.1, 0.15) is 12.0 Å². The number of anilines is 1. The molecule has 1 atom stereocenters. The minimum atomic E-state index is -3.43. The Morgan fingerprint density at radius 1 is 1.41 bits per heavy atom. The highest BCUT2D eigenvalue weighted by Crippen LogP contribution is 2.32. The predicted octanol–water partition coefficient (Wildman–Crippen LogP) is 0.597. The number of methoxy groups -OCH3 is 1. The van der Waals surface area contributed by atoms with E-state index in [0.29, 0.717) is 17.9 Å². The van der Waals surface area contributed by atoms with Crippen molar-refractivity contribution in [2.24, 2.45) is 5.73 Å². The second-order valence-corrected chi connectivity index (χ2v) is 6.95. The third kappa shape index (κ3) is 3.58. The molecule has 0 aromatic heterocycles. The van der Waals surface area contributed by atoms with Gasteiger partial charge in [0.1, 0.15) is 5.75 Å². The number of nitrogens with zero attached hydrogens (tertiary/aromatic N) is 1. The number of nitrogens with two attached hydrogens (primary N) is 1. The molecular formula is C14H19N3O4S. The van der Waals surface area contributed by atoms with Crippen molar-refractivity contribution in [2.45, 2.75) is 12.5 Å². The Labute approximate surface area is 129 Å². The van der Waals surface area contributed by atoms with Crippen LogP contribution in [0.3, 0.4) is 0 Å². The molecule has 0 saturated heterocycles. The maximum absolute atomic E-state index is 11.7. The van der Waals surface area contributed by atoms with Crippen LogP contribution in [-0.4, -0.2) is 45.7 Å². The standard InChI is InChI=1S/C14H19N3O4S/c1-17-8-10(6-11(15)14(17)18)9-4-5-13(21-2)12(7-9)16-22(3,19)20/h4-5,7-8,11,16H,6,15H2,1-3H3. The first-order valence-electron chi connectivity index (χ1n) is 6.60. The van der Waals surface area contributed by atoms with Crippen LogP contribution in [0.5, 0.6) is 5.75 Å². The lowest BCUT2D eigenvalue weighted by Gasteiger charge is -2.26. The maximum atomic E-state index is 11.7. The molecule has 1 aliphatic rings. The predicted molar refractivity (Wildman–Crippen MR) is 84.8 cm³/mol. The van der Waals surface area contributed by atoms with Crippen LogP contribution in [0.2, 0.25) is 0 Å². The van der Waals surface area contributed by atoms with E-state index in [1.165, 1.54) is 12.0 Å². The Kier molecular flexibility index (Phi) is 4.43. The van der Waals surface area contributed by atoms with Gasteiger partial charge in [-0.1, -0.05) is 6.07 Å². The number of rotatable bonds is 4.